The first kappa shape index (κ1) is 17.9. The number of furan rings is 2. The monoisotopic (exact) mass is 434 g/mol. The van der Waals surface area contributed by atoms with Crippen molar-refractivity contribution >= 4 is 65.4 Å². The van der Waals surface area contributed by atoms with E-state index in [1.54, 1.807) is 0 Å². The van der Waals surface area contributed by atoms with Gasteiger partial charge in [-0.2, -0.15) is 0 Å². The molecule has 2 nitrogen and oxygen atoms in total. The van der Waals surface area contributed by atoms with Gasteiger partial charge in [0.15, 0.2) is 0 Å². The van der Waals surface area contributed by atoms with Crippen molar-refractivity contribution in [3.8, 4) is 11.1 Å². The van der Waals surface area contributed by atoms with Crippen LogP contribution >= 0.6 is 0 Å². The molecule has 8 aromatic rings. The number of fused-ring (bicyclic) bond motifs is 10. The Balaban J connectivity index is 1.58. The quantitative estimate of drug-likeness (QED) is 0.240. The van der Waals surface area contributed by atoms with Crippen molar-refractivity contribution in [2.24, 2.45) is 0 Å². The van der Waals surface area contributed by atoms with Crippen molar-refractivity contribution in [1.82, 2.24) is 0 Å². The molecule has 0 atom stereocenters. The highest BCUT2D eigenvalue weighted by Gasteiger charge is 2.18. The van der Waals surface area contributed by atoms with Crippen LogP contribution in [0, 0.1) is 0 Å². The second-order valence-corrected chi connectivity index (χ2v) is 8.89. The number of benzene rings is 6. The Labute approximate surface area is 194 Å². The predicted molar refractivity (Wildman–Crippen MR) is 141 cm³/mol. The molecule has 34 heavy (non-hydrogen) atoms. The van der Waals surface area contributed by atoms with E-state index in [4.69, 9.17) is 8.83 Å². The maximum Gasteiger partial charge on any atom is 0.143 e. The lowest BCUT2D eigenvalue weighted by Gasteiger charge is -2.12. The lowest BCUT2D eigenvalue weighted by molar-refractivity contribution is 0.670. The van der Waals surface area contributed by atoms with Gasteiger partial charge in [-0.3, -0.25) is 0 Å². The van der Waals surface area contributed by atoms with Gasteiger partial charge >= 0.3 is 0 Å². The van der Waals surface area contributed by atoms with Crippen molar-refractivity contribution < 1.29 is 8.83 Å². The van der Waals surface area contributed by atoms with Crippen LogP contribution in [0.5, 0.6) is 0 Å². The van der Waals surface area contributed by atoms with E-state index in [9.17, 15) is 0 Å². The van der Waals surface area contributed by atoms with Gasteiger partial charge in [-0.05, 0) is 46.0 Å². The molecule has 0 radical (unpaired) electrons. The average Bonchev–Trinajstić information content (AvgIpc) is 3.46. The van der Waals surface area contributed by atoms with Crippen LogP contribution in [0.1, 0.15) is 0 Å². The summed E-state index contributed by atoms with van der Waals surface area (Å²) < 4.78 is 12.9. The highest BCUT2D eigenvalue weighted by atomic mass is 16.3. The van der Waals surface area contributed by atoms with E-state index in [0.717, 1.165) is 60.4 Å². The Bertz CT molecular complexity index is 2070. The molecule has 2 heteroatoms. The number of para-hydroxylation sites is 3. The lowest BCUT2D eigenvalue weighted by Crippen LogP contribution is -1.86. The molecule has 2 heterocycles. The summed E-state index contributed by atoms with van der Waals surface area (Å²) in [6.07, 6.45) is 0. The molecule has 0 unspecified atom stereocenters. The summed E-state index contributed by atoms with van der Waals surface area (Å²) in [5, 5.41) is 9.27. The van der Waals surface area contributed by atoms with E-state index in [1.807, 2.05) is 24.3 Å². The van der Waals surface area contributed by atoms with Crippen molar-refractivity contribution in [2.45, 2.75) is 0 Å². The van der Waals surface area contributed by atoms with Gasteiger partial charge in [0, 0.05) is 32.5 Å². The minimum absolute atomic E-state index is 0.912. The fourth-order valence-electron chi connectivity index (χ4n) is 5.55. The molecule has 0 saturated carbocycles. The molecule has 0 aliphatic rings. The zero-order valence-electron chi connectivity index (χ0n) is 18.2. The molecule has 0 bridgehead atoms. The first-order chi connectivity index (χ1) is 16.9. The molecule has 0 N–H and O–H groups in total. The number of rotatable bonds is 1. The van der Waals surface area contributed by atoms with Gasteiger partial charge in [-0.1, -0.05) is 84.9 Å². The maximum atomic E-state index is 6.48. The van der Waals surface area contributed by atoms with E-state index < -0.39 is 0 Å². The van der Waals surface area contributed by atoms with Crippen LogP contribution in [0.4, 0.5) is 0 Å². The Morgan fingerprint density at radius 1 is 0.382 bits per heavy atom. The van der Waals surface area contributed by atoms with Crippen LogP contribution in [-0.4, -0.2) is 0 Å². The van der Waals surface area contributed by atoms with Gasteiger partial charge in [-0.25, -0.2) is 0 Å². The molecule has 0 saturated heterocycles. The molecule has 0 amide bonds. The van der Waals surface area contributed by atoms with Crippen LogP contribution < -0.4 is 0 Å². The molecule has 158 valence electrons. The van der Waals surface area contributed by atoms with Gasteiger partial charge in [0.2, 0.25) is 0 Å². The van der Waals surface area contributed by atoms with E-state index in [2.05, 4.69) is 84.9 Å². The summed E-state index contributed by atoms with van der Waals surface area (Å²) in [5.74, 6) is 0. The summed E-state index contributed by atoms with van der Waals surface area (Å²) in [4.78, 5) is 0. The number of hydrogen-bond donors (Lipinski definition) is 0. The van der Waals surface area contributed by atoms with Crippen LogP contribution in [0.3, 0.4) is 0 Å². The largest absolute Gasteiger partial charge is 0.455 e. The highest BCUT2D eigenvalue weighted by molar-refractivity contribution is 6.27. The zero-order chi connectivity index (χ0) is 22.2. The minimum Gasteiger partial charge on any atom is -0.455 e. The van der Waals surface area contributed by atoms with Crippen LogP contribution in [-0.2, 0) is 0 Å². The molecule has 8 rings (SSSR count). The summed E-state index contributed by atoms with van der Waals surface area (Å²) in [6.45, 7) is 0. The van der Waals surface area contributed by atoms with Gasteiger partial charge in [0.1, 0.15) is 22.3 Å². The van der Waals surface area contributed by atoms with Gasteiger partial charge in [-0.15, -0.1) is 0 Å². The summed E-state index contributed by atoms with van der Waals surface area (Å²) in [6, 6.07) is 38.2. The SMILES string of the molecule is c1ccc2c(c1)cc(-c1cccc3c1oc1ccccc13)c1ccc3c4ccccc4oc3c12. The number of hydrogen-bond acceptors (Lipinski definition) is 2. The summed E-state index contributed by atoms with van der Waals surface area (Å²) in [7, 11) is 0. The highest BCUT2D eigenvalue weighted by Crippen LogP contribution is 2.44. The molecular weight excluding hydrogens is 416 g/mol. The van der Waals surface area contributed by atoms with Crippen molar-refractivity contribution in [2.75, 3.05) is 0 Å². The maximum absolute atomic E-state index is 6.48. The zero-order valence-corrected chi connectivity index (χ0v) is 18.2. The van der Waals surface area contributed by atoms with E-state index in [1.165, 1.54) is 16.2 Å². The minimum atomic E-state index is 0.912. The average molecular weight is 434 g/mol. The first-order valence-electron chi connectivity index (χ1n) is 11.5. The predicted octanol–water partition coefficient (Wildman–Crippen LogP) is 9.46. The molecule has 0 aliphatic heterocycles. The third-order valence-electron chi connectivity index (χ3n) is 7.06. The van der Waals surface area contributed by atoms with Gasteiger partial charge < -0.3 is 8.83 Å². The van der Waals surface area contributed by atoms with Crippen molar-refractivity contribution in [1.29, 1.82) is 0 Å². The molecule has 0 fully saturated rings. The fraction of sp³-hybridized carbons (Fsp3) is 0. The summed E-state index contributed by atoms with van der Waals surface area (Å²) in [5.41, 5.74) is 5.94. The van der Waals surface area contributed by atoms with E-state index >= 15 is 0 Å². The fourth-order valence-corrected chi connectivity index (χ4v) is 5.55. The Hall–Kier alpha value is -4.56. The molecule has 0 aliphatic carbocycles. The van der Waals surface area contributed by atoms with Gasteiger partial charge in [0.05, 0.1) is 0 Å². The third-order valence-corrected chi connectivity index (χ3v) is 7.06. The Morgan fingerprint density at radius 2 is 0.971 bits per heavy atom. The first-order valence-corrected chi connectivity index (χ1v) is 11.5. The topological polar surface area (TPSA) is 26.3 Å². The molecule has 6 aromatic carbocycles. The second kappa shape index (κ2) is 6.49. The normalized spacial score (nSPS) is 12.1. The smallest absolute Gasteiger partial charge is 0.143 e. The second-order valence-electron chi connectivity index (χ2n) is 8.89. The standard InChI is InChI=1S/C32H18O2/c1-2-9-20-19(8-1)18-27(25-13-7-12-24-21-10-3-5-14-28(21)33-31(24)25)23-16-17-26-22-11-4-6-15-29(22)34-32(26)30(20)23/h1-18H. The van der Waals surface area contributed by atoms with Crippen molar-refractivity contribution in [3.05, 3.63) is 109 Å². The molecular formula is C32H18O2. The van der Waals surface area contributed by atoms with E-state index in [0.29, 0.717) is 0 Å². The molecule has 2 aromatic heterocycles. The van der Waals surface area contributed by atoms with E-state index in [-0.39, 0.29) is 0 Å². The molecule has 0 spiro atoms. The Morgan fingerprint density at radius 3 is 1.76 bits per heavy atom. The van der Waals surface area contributed by atoms with Crippen molar-refractivity contribution in [3.63, 3.8) is 0 Å². The summed E-state index contributed by atoms with van der Waals surface area (Å²) >= 11 is 0. The lowest BCUT2D eigenvalue weighted by atomic mass is 9.91. The Kier molecular flexibility index (Phi) is 3.42. The third kappa shape index (κ3) is 2.29. The van der Waals surface area contributed by atoms with Crippen LogP contribution in [0.25, 0.3) is 76.5 Å². The van der Waals surface area contributed by atoms with Crippen LogP contribution in [0.15, 0.2) is 118 Å². The van der Waals surface area contributed by atoms with Gasteiger partial charge in [0.25, 0.3) is 0 Å². The van der Waals surface area contributed by atoms with Crippen LogP contribution in [0.2, 0.25) is 0 Å².